The zero-order valence-corrected chi connectivity index (χ0v) is 11.7. The number of hydrogen-bond donors (Lipinski definition) is 2. The minimum Gasteiger partial charge on any atom is -0.314 e. The summed E-state index contributed by atoms with van der Waals surface area (Å²) >= 11 is 0. The third kappa shape index (κ3) is 3.37. The first-order valence-corrected chi connectivity index (χ1v) is 7.88. The topological polar surface area (TPSA) is 41.9 Å². The van der Waals surface area contributed by atoms with Crippen molar-refractivity contribution in [3.05, 3.63) is 18.5 Å². The monoisotopic (exact) mass is 262 g/mol. The summed E-state index contributed by atoms with van der Waals surface area (Å²) in [4.78, 5) is 0. The SMILES string of the molecule is c1cnn(CCCNC2CCCC2C2CCCN2)c1. The van der Waals surface area contributed by atoms with Gasteiger partial charge in [-0.15, -0.1) is 0 Å². The van der Waals surface area contributed by atoms with Crippen LogP contribution in [0.25, 0.3) is 0 Å². The minimum atomic E-state index is 0.744. The van der Waals surface area contributed by atoms with Crippen LogP contribution in [0.2, 0.25) is 0 Å². The van der Waals surface area contributed by atoms with Gasteiger partial charge in [0.15, 0.2) is 0 Å². The van der Waals surface area contributed by atoms with Crippen molar-refractivity contribution in [3.8, 4) is 0 Å². The van der Waals surface area contributed by atoms with Gasteiger partial charge < -0.3 is 10.6 Å². The maximum absolute atomic E-state index is 4.24. The lowest BCUT2D eigenvalue weighted by molar-refractivity contribution is 0.318. The summed E-state index contributed by atoms with van der Waals surface area (Å²) in [6.45, 7) is 3.37. The second-order valence-corrected chi connectivity index (χ2v) is 5.98. The molecule has 2 aliphatic rings. The van der Waals surface area contributed by atoms with E-state index in [0.717, 1.165) is 31.1 Å². The van der Waals surface area contributed by atoms with E-state index in [-0.39, 0.29) is 0 Å². The molecule has 4 heteroatoms. The highest BCUT2D eigenvalue weighted by molar-refractivity contribution is 4.93. The third-order valence-electron chi connectivity index (χ3n) is 4.71. The van der Waals surface area contributed by atoms with Gasteiger partial charge in [0.1, 0.15) is 0 Å². The molecule has 4 nitrogen and oxygen atoms in total. The fourth-order valence-electron chi connectivity index (χ4n) is 3.76. The molecular formula is C15H26N4. The fourth-order valence-corrected chi connectivity index (χ4v) is 3.76. The molecule has 3 rings (SSSR count). The first kappa shape index (κ1) is 13.1. The van der Waals surface area contributed by atoms with Gasteiger partial charge in [-0.1, -0.05) is 6.42 Å². The molecule has 106 valence electrons. The van der Waals surface area contributed by atoms with Crippen LogP contribution < -0.4 is 10.6 Å². The van der Waals surface area contributed by atoms with Crippen molar-refractivity contribution >= 4 is 0 Å². The lowest BCUT2D eigenvalue weighted by atomic mass is 9.93. The predicted octanol–water partition coefficient (Wildman–Crippen LogP) is 1.78. The summed E-state index contributed by atoms with van der Waals surface area (Å²) in [7, 11) is 0. The Morgan fingerprint density at radius 3 is 3.05 bits per heavy atom. The van der Waals surface area contributed by atoms with Gasteiger partial charge in [0.25, 0.3) is 0 Å². The number of hydrogen-bond acceptors (Lipinski definition) is 3. The zero-order valence-electron chi connectivity index (χ0n) is 11.7. The Bertz CT molecular complexity index is 356. The molecule has 0 amide bonds. The Morgan fingerprint density at radius 2 is 2.26 bits per heavy atom. The number of aromatic nitrogens is 2. The van der Waals surface area contributed by atoms with Crippen molar-refractivity contribution in [1.82, 2.24) is 20.4 Å². The van der Waals surface area contributed by atoms with Gasteiger partial charge in [-0.05, 0) is 57.2 Å². The van der Waals surface area contributed by atoms with Crippen molar-refractivity contribution in [2.45, 2.75) is 57.2 Å². The zero-order chi connectivity index (χ0) is 12.9. The molecule has 1 aliphatic heterocycles. The third-order valence-corrected chi connectivity index (χ3v) is 4.71. The summed E-state index contributed by atoms with van der Waals surface area (Å²) in [5.41, 5.74) is 0. The van der Waals surface area contributed by atoms with Crippen LogP contribution in [0, 0.1) is 5.92 Å². The van der Waals surface area contributed by atoms with Crippen LogP contribution in [0.1, 0.15) is 38.5 Å². The Morgan fingerprint density at radius 1 is 1.26 bits per heavy atom. The van der Waals surface area contributed by atoms with Crippen molar-refractivity contribution in [2.75, 3.05) is 13.1 Å². The van der Waals surface area contributed by atoms with E-state index in [2.05, 4.69) is 15.7 Å². The van der Waals surface area contributed by atoms with Crippen LogP contribution in [0.3, 0.4) is 0 Å². The van der Waals surface area contributed by atoms with Gasteiger partial charge in [-0.2, -0.15) is 5.10 Å². The molecule has 2 fully saturated rings. The van der Waals surface area contributed by atoms with E-state index in [0.29, 0.717) is 0 Å². The Hall–Kier alpha value is -0.870. The molecule has 2 N–H and O–H groups in total. The Balaban J connectivity index is 1.39. The van der Waals surface area contributed by atoms with Gasteiger partial charge in [-0.3, -0.25) is 4.68 Å². The van der Waals surface area contributed by atoms with Gasteiger partial charge in [0.2, 0.25) is 0 Å². The first-order valence-electron chi connectivity index (χ1n) is 7.88. The van der Waals surface area contributed by atoms with Crippen LogP contribution >= 0.6 is 0 Å². The quantitative estimate of drug-likeness (QED) is 0.768. The van der Waals surface area contributed by atoms with Gasteiger partial charge in [0.05, 0.1) is 0 Å². The Labute approximate surface area is 116 Å². The maximum Gasteiger partial charge on any atom is 0.0489 e. The average Bonchev–Trinajstić information content (AvgIpc) is 3.15. The minimum absolute atomic E-state index is 0.744. The average molecular weight is 262 g/mol. The van der Waals surface area contributed by atoms with Gasteiger partial charge >= 0.3 is 0 Å². The van der Waals surface area contributed by atoms with Crippen molar-refractivity contribution in [3.63, 3.8) is 0 Å². The smallest absolute Gasteiger partial charge is 0.0489 e. The molecule has 0 aromatic carbocycles. The van der Waals surface area contributed by atoms with Crippen LogP contribution in [-0.4, -0.2) is 35.0 Å². The molecule has 0 bridgehead atoms. The molecule has 1 aromatic heterocycles. The summed E-state index contributed by atoms with van der Waals surface area (Å²) in [5, 5.41) is 11.7. The highest BCUT2D eigenvalue weighted by atomic mass is 15.3. The van der Waals surface area contributed by atoms with E-state index in [1.807, 2.05) is 23.1 Å². The van der Waals surface area contributed by atoms with E-state index < -0.39 is 0 Å². The lowest BCUT2D eigenvalue weighted by Crippen LogP contribution is -2.42. The number of aryl methyl sites for hydroxylation is 1. The fraction of sp³-hybridized carbons (Fsp3) is 0.800. The molecule has 1 saturated carbocycles. The van der Waals surface area contributed by atoms with Gasteiger partial charge in [-0.25, -0.2) is 0 Å². The molecule has 1 aromatic rings. The molecule has 1 aliphatic carbocycles. The normalized spacial score (nSPS) is 31.1. The van der Waals surface area contributed by atoms with E-state index in [1.165, 1.54) is 45.1 Å². The molecule has 1 saturated heterocycles. The van der Waals surface area contributed by atoms with E-state index in [4.69, 9.17) is 0 Å². The molecule has 19 heavy (non-hydrogen) atoms. The van der Waals surface area contributed by atoms with Crippen LogP contribution in [-0.2, 0) is 6.54 Å². The molecular weight excluding hydrogens is 236 g/mol. The van der Waals surface area contributed by atoms with Crippen molar-refractivity contribution in [2.24, 2.45) is 5.92 Å². The molecule has 2 heterocycles. The molecule has 0 spiro atoms. The van der Waals surface area contributed by atoms with Crippen molar-refractivity contribution in [1.29, 1.82) is 0 Å². The maximum atomic E-state index is 4.24. The number of nitrogens with zero attached hydrogens (tertiary/aromatic N) is 2. The number of rotatable bonds is 6. The lowest BCUT2D eigenvalue weighted by Gasteiger charge is -2.26. The Kier molecular flexibility index (Phi) is 4.51. The van der Waals surface area contributed by atoms with Crippen LogP contribution in [0.15, 0.2) is 18.5 Å². The predicted molar refractivity (Wildman–Crippen MR) is 77.0 cm³/mol. The summed E-state index contributed by atoms with van der Waals surface area (Å²) < 4.78 is 2.02. The summed E-state index contributed by atoms with van der Waals surface area (Å²) in [5.74, 6) is 0.868. The van der Waals surface area contributed by atoms with Crippen molar-refractivity contribution < 1.29 is 0 Å². The number of nitrogens with one attached hydrogen (secondary N) is 2. The molecule has 0 radical (unpaired) electrons. The second kappa shape index (κ2) is 6.53. The largest absolute Gasteiger partial charge is 0.314 e. The first-order chi connectivity index (χ1) is 9.43. The van der Waals surface area contributed by atoms with Gasteiger partial charge in [0, 0.05) is 31.0 Å². The standard InChI is InChI=1S/C15H26N4/c1-5-13(15-7-2-8-16-15)14(6-1)17-9-3-11-19-12-4-10-18-19/h4,10,12-17H,1-3,5-9,11H2. The van der Waals surface area contributed by atoms with Crippen LogP contribution in [0.5, 0.6) is 0 Å². The van der Waals surface area contributed by atoms with Crippen LogP contribution in [0.4, 0.5) is 0 Å². The molecule has 3 unspecified atom stereocenters. The summed E-state index contributed by atoms with van der Waals surface area (Å²) in [6.07, 6.45) is 12.0. The van der Waals surface area contributed by atoms with E-state index in [1.54, 1.807) is 0 Å². The highest BCUT2D eigenvalue weighted by Gasteiger charge is 2.34. The highest BCUT2D eigenvalue weighted by Crippen LogP contribution is 2.31. The summed E-state index contributed by atoms with van der Waals surface area (Å²) in [6, 6.07) is 3.52. The molecule has 3 atom stereocenters. The van der Waals surface area contributed by atoms with E-state index in [9.17, 15) is 0 Å². The van der Waals surface area contributed by atoms with E-state index >= 15 is 0 Å². The second-order valence-electron chi connectivity index (χ2n) is 5.98.